The van der Waals surface area contributed by atoms with Gasteiger partial charge in [-0.15, -0.1) is 0 Å². The lowest BCUT2D eigenvalue weighted by atomic mass is 10.1. The highest BCUT2D eigenvalue weighted by atomic mass is 19.1. The van der Waals surface area contributed by atoms with Gasteiger partial charge in [-0.2, -0.15) is 0 Å². The van der Waals surface area contributed by atoms with E-state index in [9.17, 15) is 18.4 Å². The molecule has 0 saturated heterocycles. The third-order valence-corrected chi connectivity index (χ3v) is 3.89. The van der Waals surface area contributed by atoms with Gasteiger partial charge >= 0.3 is 0 Å². The molecular formula is C20H15F2NO4. The molecule has 2 aromatic carbocycles. The van der Waals surface area contributed by atoms with E-state index in [-0.39, 0.29) is 23.1 Å². The molecule has 27 heavy (non-hydrogen) atoms. The molecular weight excluding hydrogens is 356 g/mol. The summed E-state index contributed by atoms with van der Waals surface area (Å²) >= 11 is 0. The van der Waals surface area contributed by atoms with Crippen LogP contribution in [0.15, 0.2) is 57.9 Å². The van der Waals surface area contributed by atoms with Crippen molar-refractivity contribution in [3.05, 3.63) is 81.7 Å². The minimum Gasteiger partial charge on any atom is -0.497 e. The topological polar surface area (TPSA) is 68.5 Å². The van der Waals surface area contributed by atoms with Crippen LogP contribution < -0.4 is 15.5 Å². The molecule has 0 unspecified atom stereocenters. The first-order valence-electron chi connectivity index (χ1n) is 7.97. The number of rotatable bonds is 5. The van der Waals surface area contributed by atoms with Crippen LogP contribution in [0.3, 0.4) is 0 Å². The Labute approximate surface area is 152 Å². The van der Waals surface area contributed by atoms with Crippen LogP contribution in [0.2, 0.25) is 0 Å². The van der Waals surface area contributed by atoms with Crippen molar-refractivity contribution in [2.75, 3.05) is 7.11 Å². The molecule has 1 amide bonds. The van der Waals surface area contributed by atoms with Crippen molar-refractivity contribution in [2.24, 2.45) is 0 Å². The smallest absolute Gasteiger partial charge is 0.244 e. The SMILES string of the molecule is COc1ccc2c(=O)c(/C=C/C(=O)NCc3ccc(F)cc3F)coc2c1. The standard InChI is InChI=1S/C20H15F2NO4/c1-26-15-5-6-16-18(9-15)27-11-13(20(16)25)3-7-19(24)23-10-12-2-4-14(21)8-17(12)22/h2-9,11H,10H2,1H3,(H,23,24)/b7-3+. The number of carbonyl (C=O) groups is 1. The van der Waals surface area contributed by atoms with Gasteiger partial charge < -0.3 is 14.5 Å². The van der Waals surface area contributed by atoms with E-state index in [1.54, 1.807) is 18.2 Å². The van der Waals surface area contributed by atoms with Crippen LogP contribution in [-0.4, -0.2) is 13.0 Å². The van der Waals surface area contributed by atoms with Crippen LogP contribution in [-0.2, 0) is 11.3 Å². The predicted molar refractivity (Wildman–Crippen MR) is 96.3 cm³/mol. The number of ether oxygens (including phenoxy) is 1. The van der Waals surface area contributed by atoms with Gasteiger partial charge in [0.05, 0.1) is 18.1 Å². The molecule has 0 aliphatic carbocycles. The summed E-state index contributed by atoms with van der Waals surface area (Å²) < 4.78 is 36.9. The number of fused-ring (bicyclic) bond motifs is 1. The van der Waals surface area contributed by atoms with Gasteiger partial charge in [-0.3, -0.25) is 9.59 Å². The first kappa shape index (κ1) is 18.3. The molecule has 0 fully saturated rings. The molecule has 3 aromatic rings. The number of carbonyl (C=O) groups excluding carboxylic acids is 1. The molecule has 1 aromatic heterocycles. The Bertz CT molecular complexity index is 1090. The van der Waals surface area contributed by atoms with Gasteiger partial charge in [0.15, 0.2) is 5.43 Å². The van der Waals surface area contributed by atoms with E-state index in [0.717, 1.165) is 18.2 Å². The lowest BCUT2D eigenvalue weighted by Crippen LogP contribution is -2.21. The number of methoxy groups -OCH3 is 1. The van der Waals surface area contributed by atoms with Crippen LogP contribution in [0.5, 0.6) is 5.75 Å². The molecule has 0 atom stereocenters. The van der Waals surface area contributed by atoms with Crippen LogP contribution in [0.1, 0.15) is 11.1 Å². The van der Waals surface area contributed by atoms with Gasteiger partial charge in [-0.1, -0.05) is 6.07 Å². The summed E-state index contributed by atoms with van der Waals surface area (Å²) in [5, 5.41) is 2.82. The van der Waals surface area contributed by atoms with Crippen molar-refractivity contribution in [2.45, 2.75) is 6.54 Å². The van der Waals surface area contributed by atoms with Crippen molar-refractivity contribution in [3.63, 3.8) is 0 Å². The Morgan fingerprint density at radius 2 is 2.04 bits per heavy atom. The summed E-state index contributed by atoms with van der Waals surface area (Å²) in [6.45, 7) is -0.110. The fraction of sp³-hybridized carbons (Fsp3) is 0.100. The third kappa shape index (κ3) is 4.20. The maximum absolute atomic E-state index is 13.5. The highest BCUT2D eigenvalue weighted by Gasteiger charge is 2.08. The molecule has 0 radical (unpaired) electrons. The zero-order valence-electron chi connectivity index (χ0n) is 14.3. The van der Waals surface area contributed by atoms with E-state index in [2.05, 4.69) is 5.32 Å². The molecule has 1 N–H and O–H groups in total. The number of nitrogens with one attached hydrogen (secondary N) is 1. The summed E-state index contributed by atoms with van der Waals surface area (Å²) in [5.41, 5.74) is 0.411. The second-order valence-corrected chi connectivity index (χ2v) is 5.67. The summed E-state index contributed by atoms with van der Waals surface area (Å²) in [7, 11) is 1.51. The highest BCUT2D eigenvalue weighted by Crippen LogP contribution is 2.19. The van der Waals surface area contributed by atoms with Crippen LogP contribution in [0, 0.1) is 11.6 Å². The summed E-state index contributed by atoms with van der Waals surface area (Å²) in [6.07, 6.45) is 3.70. The number of amides is 1. The molecule has 138 valence electrons. The molecule has 1 heterocycles. The zero-order chi connectivity index (χ0) is 19.4. The monoisotopic (exact) mass is 371 g/mol. The maximum Gasteiger partial charge on any atom is 0.244 e. The van der Waals surface area contributed by atoms with E-state index in [4.69, 9.17) is 9.15 Å². The molecule has 5 nitrogen and oxygen atoms in total. The van der Waals surface area contributed by atoms with E-state index in [1.807, 2.05) is 0 Å². The highest BCUT2D eigenvalue weighted by molar-refractivity contribution is 5.92. The molecule has 0 aliphatic rings. The van der Waals surface area contributed by atoms with E-state index < -0.39 is 17.5 Å². The van der Waals surface area contributed by atoms with E-state index in [0.29, 0.717) is 16.7 Å². The van der Waals surface area contributed by atoms with Gasteiger partial charge in [0, 0.05) is 30.3 Å². The second-order valence-electron chi connectivity index (χ2n) is 5.67. The van der Waals surface area contributed by atoms with Gasteiger partial charge in [-0.25, -0.2) is 8.78 Å². The second kappa shape index (κ2) is 7.82. The summed E-state index contributed by atoms with van der Waals surface area (Å²) in [5.74, 6) is -1.41. The predicted octanol–water partition coefficient (Wildman–Crippen LogP) is 3.41. The number of halogens is 2. The molecule has 7 heteroatoms. The first-order valence-corrected chi connectivity index (χ1v) is 7.97. The minimum atomic E-state index is -0.745. The van der Waals surface area contributed by atoms with Gasteiger partial charge in [-0.05, 0) is 24.3 Å². The quantitative estimate of drug-likeness (QED) is 0.698. The fourth-order valence-electron chi connectivity index (χ4n) is 2.44. The van der Waals surface area contributed by atoms with Crippen molar-refractivity contribution in [1.29, 1.82) is 0 Å². The lowest BCUT2D eigenvalue weighted by Gasteiger charge is -2.04. The summed E-state index contributed by atoms with van der Waals surface area (Å²) in [4.78, 5) is 24.3. The zero-order valence-corrected chi connectivity index (χ0v) is 14.3. The van der Waals surface area contributed by atoms with E-state index >= 15 is 0 Å². The summed E-state index contributed by atoms with van der Waals surface area (Å²) in [6, 6.07) is 7.91. The molecule has 0 spiro atoms. The van der Waals surface area contributed by atoms with Gasteiger partial charge in [0.1, 0.15) is 29.2 Å². The van der Waals surface area contributed by atoms with Gasteiger partial charge in [0.2, 0.25) is 5.91 Å². The van der Waals surface area contributed by atoms with Crippen molar-refractivity contribution in [3.8, 4) is 5.75 Å². The number of benzene rings is 2. The minimum absolute atomic E-state index is 0.110. The Hall–Kier alpha value is -3.48. The lowest BCUT2D eigenvalue weighted by molar-refractivity contribution is -0.116. The fourth-order valence-corrected chi connectivity index (χ4v) is 2.44. The number of hydrogen-bond acceptors (Lipinski definition) is 4. The molecule has 0 aliphatic heterocycles. The average molecular weight is 371 g/mol. The third-order valence-electron chi connectivity index (χ3n) is 3.89. The Kier molecular flexibility index (Phi) is 5.30. The Balaban J connectivity index is 1.72. The first-order chi connectivity index (χ1) is 13.0. The van der Waals surface area contributed by atoms with Crippen LogP contribution in [0.25, 0.3) is 17.0 Å². The van der Waals surface area contributed by atoms with Crippen LogP contribution in [0.4, 0.5) is 8.78 Å². The van der Waals surface area contributed by atoms with Gasteiger partial charge in [0.25, 0.3) is 0 Å². The van der Waals surface area contributed by atoms with Crippen LogP contribution >= 0.6 is 0 Å². The molecule has 3 rings (SSSR count). The Morgan fingerprint density at radius 1 is 1.22 bits per heavy atom. The van der Waals surface area contributed by atoms with Crippen molar-refractivity contribution in [1.82, 2.24) is 5.32 Å². The Morgan fingerprint density at radius 3 is 2.78 bits per heavy atom. The maximum atomic E-state index is 13.5. The average Bonchev–Trinajstić information content (AvgIpc) is 2.66. The molecule has 0 bridgehead atoms. The molecule has 0 saturated carbocycles. The van der Waals surface area contributed by atoms with Crippen molar-refractivity contribution < 1.29 is 22.7 Å². The van der Waals surface area contributed by atoms with E-state index in [1.165, 1.54) is 25.5 Å². The number of hydrogen-bond donors (Lipinski definition) is 1. The largest absolute Gasteiger partial charge is 0.497 e. The normalized spacial score (nSPS) is 11.1. The van der Waals surface area contributed by atoms with Crippen molar-refractivity contribution >= 4 is 23.0 Å².